The van der Waals surface area contributed by atoms with Gasteiger partial charge in [0.15, 0.2) is 5.78 Å². The first kappa shape index (κ1) is 16.3. The molecule has 1 N–H and O–H groups in total. The number of hydrogen-bond acceptors (Lipinski definition) is 2. The third-order valence-corrected chi connectivity index (χ3v) is 4.04. The lowest BCUT2D eigenvalue weighted by Crippen LogP contribution is -2.27. The molecule has 0 heterocycles. The molecule has 0 aromatic heterocycles. The van der Waals surface area contributed by atoms with Gasteiger partial charge in [-0.2, -0.15) is 0 Å². The van der Waals surface area contributed by atoms with Crippen LogP contribution in [0.2, 0.25) is 5.02 Å². The molecule has 0 saturated carbocycles. The predicted molar refractivity (Wildman–Crippen MR) is 96.5 cm³/mol. The lowest BCUT2D eigenvalue weighted by Gasteiger charge is -2.19. The van der Waals surface area contributed by atoms with Crippen LogP contribution >= 0.6 is 11.6 Å². The quantitative estimate of drug-likeness (QED) is 0.665. The van der Waals surface area contributed by atoms with Crippen molar-refractivity contribution in [2.75, 3.05) is 0 Å². The summed E-state index contributed by atoms with van der Waals surface area (Å²) in [7, 11) is 0. The third-order valence-electron chi connectivity index (χ3n) is 3.79. The highest BCUT2D eigenvalue weighted by Gasteiger charge is 2.36. The second-order valence-corrected chi connectivity index (χ2v) is 6.01. The number of rotatable bonds is 2. The zero-order valence-electron chi connectivity index (χ0n) is 12.9. The van der Waals surface area contributed by atoms with Crippen LogP contribution in [-0.4, -0.2) is 16.5 Å². The molecule has 1 atom stereocenters. The van der Waals surface area contributed by atoms with Crippen LogP contribution < -0.4 is 0 Å². The van der Waals surface area contributed by atoms with Gasteiger partial charge in [-0.1, -0.05) is 53.8 Å². The smallest absolute Gasteiger partial charge is 0.184 e. The average molecular weight is 335 g/mol. The second kappa shape index (κ2) is 6.88. The highest BCUT2D eigenvalue weighted by Crippen LogP contribution is 2.31. The maximum absolute atomic E-state index is 12.1. The van der Waals surface area contributed by atoms with Crippen molar-refractivity contribution in [2.45, 2.75) is 12.0 Å². The zero-order valence-corrected chi connectivity index (χ0v) is 13.6. The lowest BCUT2D eigenvalue weighted by molar-refractivity contribution is -0.111. The van der Waals surface area contributed by atoms with E-state index in [1.54, 1.807) is 18.2 Å². The van der Waals surface area contributed by atoms with Crippen molar-refractivity contribution in [3.8, 4) is 11.8 Å². The van der Waals surface area contributed by atoms with E-state index in [0.717, 1.165) is 11.1 Å². The molecule has 2 nitrogen and oxygen atoms in total. The number of ketones is 1. The fourth-order valence-corrected chi connectivity index (χ4v) is 2.61. The summed E-state index contributed by atoms with van der Waals surface area (Å²) >= 11 is 5.84. The molecule has 0 bridgehead atoms. The van der Waals surface area contributed by atoms with E-state index in [2.05, 4.69) is 11.8 Å². The van der Waals surface area contributed by atoms with Crippen LogP contribution in [0.3, 0.4) is 0 Å². The Morgan fingerprint density at radius 1 is 1.08 bits per heavy atom. The summed E-state index contributed by atoms with van der Waals surface area (Å²) < 4.78 is 0. The SMILES string of the molecule is O=C1C=CC(O)(CC#Cc2ccc(Cl)cc2)/C1=C\c1ccccc1. The molecule has 24 heavy (non-hydrogen) atoms. The van der Waals surface area contributed by atoms with Gasteiger partial charge in [-0.25, -0.2) is 0 Å². The number of benzene rings is 2. The van der Waals surface area contributed by atoms with Gasteiger partial charge in [-0.15, -0.1) is 0 Å². The van der Waals surface area contributed by atoms with Gasteiger partial charge in [-0.05, 0) is 48.1 Å². The van der Waals surface area contributed by atoms with Gasteiger partial charge in [0, 0.05) is 22.6 Å². The number of hydrogen-bond donors (Lipinski definition) is 1. The Labute approximate surface area is 146 Å². The van der Waals surface area contributed by atoms with Crippen LogP contribution in [0.1, 0.15) is 17.5 Å². The first-order valence-electron chi connectivity index (χ1n) is 7.54. The molecular formula is C21H15ClO2. The first-order valence-corrected chi connectivity index (χ1v) is 7.92. The molecule has 2 aromatic carbocycles. The zero-order chi connectivity index (χ0) is 17.0. The van der Waals surface area contributed by atoms with Crippen molar-refractivity contribution in [3.05, 3.63) is 88.5 Å². The van der Waals surface area contributed by atoms with Gasteiger partial charge in [0.1, 0.15) is 5.60 Å². The van der Waals surface area contributed by atoms with E-state index in [0.29, 0.717) is 10.6 Å². The van der Waals surface area contributed by atoms with E-state index in [9.17, 15) is 9.90 Å². The molecule has 3 heteroatoms. The molecule has 1 aliphatic rings. The Hall–Kier alpha value is -2.60. The highest BCUT2D eigenvalue weighted by atomic mass is 35.5. The first-order chi connectivity index (χ1) is 11.6. The minimum atomic E-state index is -1.35. The number of allylic oxidation sites excluding steroid dienone is 1. The van der Waals surface area contributed by atoms with Crippen molar-refractivity contribution < 1.29 is 9.90 Å². The van der Waals surface area contributed by atoms with Gasteiger partial charge in [-0.3, -0.25) is 4.79 Å². The Kier molecular flexibility index (Phi) is 4.66. The van der Waals surface area contributed by atoms with Crippen molar-refractivity contribution >= 4 is 23.5 Å². The third kappa shape index (κ3) is 3.65. The van der Waals surface area contributed by atoms with E-state index in [4.69, 9.17) is 11.6 Å². The summed E-state index contributed by atoms with van der Waals surface area (Å²) in [6, 6.07) is 16.6. The molecule has 0 fully saturated rings. The van der Waals surface area contributed by atoms with Crippen LogP contribution in [0.5, 0.6) is 0 Å². The number of halogens is 1. The van der Waals surface area contributed by atoms with Crippen molar-refractivity contribution in [2.24, 2.45) is 0 Å². The molecule has 118 valence electrons. The molecule has 0 saturated heterocycles. The lowest BCUT2D eigenvalue weighted by atomic mass is 9.91. The molecule has 0 amide bonds. The predicted octanol–water partition coefficient (Wildman–Crippen LogP) is 4.04. The van der Waals surface area contributed by atoms with Gasteiger partial charge >= 0.3 is 0 Å². The van der Waals surface area contributed by atoms with Gasteiger partial charge in [0.05, 0.1) is 0 Å². The topological polar surface area (TPSA) is 37.3 Å². The summed E-state index contributed by atoms with van der Waals surface area (Å²) in [5, 5.41) is 11.5. The fourth-order valence-electron chi connectivity index (χ4n) is 2.49. The summed E-state index contributed by atoms with van der Waals surface area (Å²) in [6.07, 6.45) is 4.78. The minimum absolute atomic E-state index is 0.149. The Morgan fingerprint density at radius 3 is 2.50 bits per heavy atom. The normalized spacial score (nSPS) is 20.9. The van der Waals surface area contributed by atoms with Crippen LogP contribution in [0, 0.1) is 11.8 Å². The highest BCUT2D eigenvalue weighted by molar-refractivity contribution is 6.30. The molecule has 3 rings (SSSR count). The van der Waals surface area contributed by atoms with Gasteiger partial charge in [0.2, 0.25) is 0 Å². The van der Waals surface area contributed by atoms with E-state index in [1.165, 1.54) is 12.2 Å². The van der Waals surface area contributed by atoms with Gasteiger partial charge in [0.25, 0.3) is 0 Å². The average Bonchev–Trinajstić information content (AvgIpc) is 2.86. The molecule has 2 aromatic rings. The largest absolute Gasteiger partial charge is 0.380 e. The van der Waals surface area contributed by atoms with E-state index >= 15 is 0 Å². The fraction of sp³-hybridized carbons (Fsp3) is 0.0952. The Balaban J connectivity index is 1.83. The van der Waals surface area contributed by atoms with Crippen LogP contribution in [-0.2, 0) is 4.79 Å². The molecule has 0 aliphatic heterocycles. The monoisotopic (exact) mass is 334 g/mol. The van der Waals surface area contributed by atoms with Crippen molar-refractivity contribution in [1.29, 1.82) is 0 Å². The number of carbonyl (C=O) groups is 1. The van der Waals surface area contributed by atoms with Crippen molar-refractivity contribution in [3.63, 3.8) is 0 Å². The van der Waals surface area contributed by atoms with E-state index in [1.807, 2.05) is 42.5 Å². The Bertz CT molecular complexity index is 868. The second-order valence-electron chi connectivity index (χ2n) is 5.58. The molecule has 1 aliphatic carbocycles. The van der Waals surface area contributed by atoms with Gasteiger partial charge < -0.3 is 5.11 Å². The summed E-state index contributed by atoms with van der Waals surface area (Å²) in [4.78, 5) is 12.1. The standard InChI is InChI=1S/C21H15ClO2/c22-18-10-8-16(9-11-18)7-4-13-21(24)14-12-20(23)19(21)15-17-5-2-1-3-6-17/h1-3,5-6,8-12,14-15,24H,13H2/b19-15-. The Morgan fingerprint density at radius 2 is 1.79 bits per heavy atom. The van der Waals surface area contributed by atoms with Crippen LogP contribution in [0.25, 0.3) is 6.08 Å². The molecular weight excluding hydrogens is 320 g/mol. The number of aliphatic hydroxyl groups is 1. The number of carbonyl (C=O) groups excluding carboxylic acids is 1. The molecule has 1 unspecified atom stereocenters. The molecule has 0 radical (unpaired) electrons. The van der Waals surface area contributed by atoms with Crippen LogP contribution in [0.15, 0.2) is 72.3 Å². The maximum atomic E-state index is 12.1. The minimum Gasteiger partial charge on any atom is -0.380 e. The van der Waals surface area contributed by atoms with E-state index in [-0.39, 0.29) is 12.2 Å². The van der Waals surface area contributed by atoms with Crippen molar-refractivity contribution in [1.82, 2.24) is 0 Å². The van der Waals surface area contributed by atoms with Crippen LogP contribution in [0.4, 0.5) is 0 Å². The summed E-state index contributed by atoms with van der Waals surface area (Å²) in [5.41, 5.74) is 0.671. The molecule has 0 spiro atoms. The summed E-state index contributed by atoms with van der Waals surface area (Å²) in [5.74, 6) is 5.75. The maximum Gasteiger partial charge on any atom is 0.184 e. The van der Waals surface area contributed by atoms with E-state index < -0.39 is 5.60 Å². The summed E-state index contributed by atoms with van der Waals surface area (Å²) in [6.45, 7) is 0.